The number of thiazole rings is 1. The number of carbonyl (C=O) groups excluding carboxylic acids is 1. The maximum atomic E-state index is 13.7. The Morgan fingerprint density at radius 1 is 1.15 bits per heavy atom. The van der Waals surface area contributed by atoms with Crippen LogP contribution in [0.25, 0.3) is 0 Å². The molecule has 0 radical (unpaired) electrons. The molecule has 1 amide bonds. The highest BCUT2D eigenvalue weighted by molar-refractivity contribution is 9.10. The second-order valence-corrected chi connectivity index (χ2v) is 11.8. The number of hydrogen-bond acceptors (Lipinski definition) is 6. The summed E-state index contributed by atoms with van der Waals surface area (Å²) < 4.78 is 54.4. The number of piperidine rings is 1. The summed E-state index contributed by atoms with van der Waals surface area (Å²) in [5, 5.41) is 6.96. The van der Waals surface area contributed by atoms with Gasteiger partial charge in [0.1, 0.15) is 18.1 Å². The van der Waals surface area contributed by atoms with Crippen molar-refractivity contribution in [3.8, 4) is 0 Å². The topological polar surface area (TPSA) is 76.8 Å². The molecule has 5 rings (SSSR count). The number of benzene rings is 1. The number of oxime groups is 1. The average molecular weight is 692 g/mol. The quantitative estimate of drug-likeness (QED) is 0.296. The van der Waals surface area contributed by atoms with Crippen molar-refractivity contribution in [3.63, 3.8) is 0 Å². The summed E-state index contributed by atoms with van der Waals surface area (Å²) in [5.74, 6) is -0.677. The molecule has 0 N–H and O–H groups in total. The van der Waals surface area contributed by atoms with Crippen LogP contribution in [0.4, 0.5) is 17.6 Å². The molecule has 0 spiro atoms. The van der Waals surface area contributed by atoms with Gasteiger partial charge in [-0.3, -0.25) is 9.59 Å². The van der Waals surface area contributed by atoms with E-state index < -0.39 is 35.9 Å². The number of hydrogen-bond donors (Lipinski definition) is 0. The number of carbonyl (C=O) groups is 1. The van der Waals surface area contributed by atoms with Crippen molar-refractivity contribution in [2.24, 2.45) is 5.16 Å². The first-order chi connectivity index (χ1) is 18.5. The normalized spacial score (nSPS) is 18.3. The zero-order chi connectivity index (χ0) is 27.9. The SMILES string of the molecule is O=C(Cn1cc(C(F)(F)F)cc(Br)c1=O)N1CCC(c2nc(C3=NOC(c4cc(F)ccc4Br)C3)cs2)CC1. The molecule has 2 aliphatic heterocycles. The minimum absolute atomic E-state index is 0.106. The van der Waals surface area contributed by atoms with E-state index in [4.69, 9.17) is 9.82 Å². The first-order valence-electron chi connectivity index (χ1n) is 11.9. The minimum atomic E-state index is -4.64. The third kappa shape index (κ3) is 6.12. The van der Waals surface area contributed by atoms with Gasteiger partial charge < -0.3 is 14.3 Å². The van der Waals surface area contributed by atoms with Crippen LogP contribution in [0.2, 0.25) is 0 Å². The summed E-state index contributed by atoms with van der Waals surface area (Å²) in [5.41, 5.74) is 0.322. The van der Waals surface area contributed by atoms with Crippen LogP contribution in [-0.2, 0) is 22.4 Å². The molecule has 7 nitrogen and oxygen atoms in total. The molecule has 0 saturated carbocycles. The van der Waals surface area contributed by atoms with Crippen molar-refractivity contribution in [1.82, 2.24) is 14.5 Å². The lowest BCUT2D eigenvalue weighted by Crippen LogP contribution is -2.41. The highest BCUT2D eigenvalue weighted by Crippen LogP contribution is 2.36. The summed E-state index contributed by atoms with van der Waals surface area (Å²) in [4.78, 5) is 36.9. The van der Waals surface area contributed by atoms with Gasteiger partial charge >= 0.3 is 6.18 Å². The van der Waals surface area contributed by atoms with E-state index in [1.54, 1.807) is 11.0 Å². The van der Waals surface area contributed by atoms with E-state index in [1.807, 2.05) is 5.38 Å². The van der Waals surface area contributed by atoms with Gasteiger partial charge in [-0.1, -0.05) is 21.1 Å². The Kier molecular flexibility index (Phi) is 7.98. The monoisotopic (exact) mass is 690 g/mol. The first kappa shape index (κ1) is 28.0. The Balaban J connectivity index is 1.19. The van der Waals surface area contributed by atoms with E-state index in [9.17, 15) is 27.2 Å². The van der Waals surface area contributed by atoms with E-state index >= 15 is 0 Å². The number of rotatable bonds is 5. The second-order valence-electron chi connectivity index (χ2n) is 9.24. The van der Waals surface area contributed by atoms with Crippen molar-refractivity contribution in [3.05, 3.63) is 82.8 Å². The number of alkyl halides is 3. The molecule has 0 aliphatic carbocycles. The fraction of sp³-hybridized carbons (Fsp3) is 0.360. The molecule has 3 aromatic rings. The van der Waals surface area contributed by atoms with Crippen LogP contribution < -0.4 is 5.56 Å². The van der Waals surface area contributed by atoms with Gasteiger partial charge in [0.25, 0.3) is 5.56 Å². The zero-order valence-electron chi connectivity index (χ0n) is 20.1. The Morgan fingerprint density at radius 3 is 2.62 bits per heavy atom. The molecule has 2 aliphatic rings. The Bertz CT molecular complexity index is 1500. The molecular formula is C25H20Br2F4N4O3S. The third-order valence-electron chi connectivity index (χ3n) is 6.66. The largest absolute Gasteiger partial charge is 0.417 e. The molecule has 1 saturated heterocycles. The summed E-state index contributed by atoms with van der Waals surface area (Å²) in [6.45, 7) is 0.315. The highest BCUT2D eigenvalue weighted by atomic mass is 79.9. The number of amides is 1. The predicted molar refractivity (Wildman–Crippen MR) is 143 cm³/mol. The van der Waals surface area contributed by atoms with E-state index in [0.29, 0.717) is 61.6 Å². The number of likely N-dealkylation sites (tertiary alicyclic amines) is 1. The molecule has 0 bridgehead atoms. The summed E-state index contributed by atoms with van der Waals surface area (Å²) in [7, 11) is 0. The molecule has 1 fully saturated rings. The van der Waals surface area contributed by atoms with Crippen molar-refractivity contribution in [2.45, 2.75) is 44.0 Å². The lowest BCUT2D eigenvalue weighted by atomic mass is 9.97. The van der Waals surface area contributed by atoms with Gasteiger partial charge in [-0.05, 0) is 53.0 Å². The molecule has 1 atom stereocenters. The molecule has 4 heterocycles. The molecule has 39 heavy (non-hydrogen) atoms. The fourth-order valence-electron chi connectivity index (χ4n) is 4.56. The number of halogens is 6. The molecule has 1 unspecified atom stereocenters. The smallest absolute Gasteiger partial charge is 0.387 e. The number of aromatic nitrogens is 2. The maximum absolute atomic E-state index is 13.7. The van der Waals surface area contributed by atoms with Crippen LogP contribution in [0.1, 0.15) is 53.1 Å². The van der Waals surface area contributed by atoms with Crippen LogP contribution in [0.3, 0.4) is 0 Å². The van der Waals surface area contributed by atoms with Crippen molar-refractivity contribution in [2.75, 3.05) is 13.1 Å². The molecular weight excluding hydrogens is 672 g/mol. The van der Waals surface area contributed by atoms with Gasteiger partial charge in [-0.2, -0.15) is 13.2 Å². The fourth-order valence-corrected chi connectivity index (χ4v) is 6.53. The van der Waals surface area contributed by atoms with Gasteiger partial charge in [-0.25, -0.2) is 9.37 Å². The average Bonchev–Trinajstić information content (AvgIpc) is 3.58. The Hall–Kier alpha value is -2.58. The van der Waals surface area contributed by atoms with Gasteiger partial charge in [0, 0.05) is 47.0 Å². The lowest BCUT2D eigenvalue weighted by molar-refractivity contribution is -0.139. The van der Waals surface area contributed by atoms with Crippen LogP contribution in [-0.4, -0.2) is 39.2 Å². The second kappa shape index (κ2) is 11.1. The van der Waals surface area contributed by atoms with E-state index in [-0.39, 0.29) is 16.2 Å². The summed E-state index contributed by atoms with van der Waals surface area (Å²) >= 11 is 7.77. The van der Waals surface area contributed by atoms with Gasteiger partial charge in [0.2, 0.25) is 5.91 Å². The summed E-state index contributed by atoms with van der Waals surface area (Å²) in [6.07, 6.45) is -2.69. The van der Waals surface area contributed by atoms with E-state index in [1.165, 1.54) is 23.5 Å². The van der Waals surface area contributed by atoms with Crippen LogP contribution in [0, 0.1) is 5.82 Å². The predicted octanol–water partition coefficient (Wildman–Crippen LogP) is 6.26. The van der Waals surface area contributed by atoms with E-state index in [2.05, 4.69) is 37.0 Å². The first-order valence-corrected chi connectivity index (χ1v) is 14.3. The standard InChI is InChI=1S/C25H20Br2F4N4O3S/c26-17-2-1-15(28)8-16(17)21-9-19(33-38-21)20-12-39-23(32-20)13-3-5-34(6-4-13)22(36)11-35-10-14(25(29,30)31)7-18(27)24(35)37/h1-2,7-8,10,12-13,21H,3-6,9,11H2. The van der Waals surface area contributed by atoms with Crippen molar-refractivity contribution >= 4 is 54.8 Å². The highest BCUT2D eigenvalue weighted by Gasteiger charge is 2.33. The van der Waals surface area contributed by atoms with Gasteiger partial charge in [0.05, 0.1) is 20.7 Å². The van der Waals surface area contributed by atoms with Crippen molar-refractivity contribution < 1.29 is 27.2 Å². The maximum Gasteiger partial charge on any atom is 0.417 e. The zero-order valence-corrected chi connectivity index (χ0v) is 24.0. The molecule has 14 heteroatoms. The van der Waals surface area contributed by atoms with Gasteiger partial charge in [0.15, 0.2) is 6.10 Å². The third-order valence-corrected chi connectivity index (χ3v) is 8.96. The van der Waals surface area contributed by atoms with E-state index in [0.717, 1.165) is 14.0 Å². The van der Waals surface area contributed by atoms with Crippen LogP contribution in [0.5, 0.6) is 0 Å². The summed E-state index contributed by atoms with van der Waals surface area (Å²) in [6, 6.07) is 5.11. The molecule has 2 aromatic heterocycles. The number of nitrogens with zero attached hydrogens (tertiary/aromatic N) is 4. The molecule has 1 aromatic carbocycles. The number of pyridine rings is 1. The lowest BCUT2D eigenvalue weighted by Gasteiger charge is -2.31. The molecule has 206 valence electrons. The Morgan fingerprint density at radius 2 is 1.90 bits per heavy atom. The van der Waals surface area contributed by atoms with Crippen LogP contribution >= 0.6 is 43.2 Å². The van der Waals surface area contributed by atoms with Crippen LogP contribution in [0.15, 0.2) is 54.7 Å². The van der Waals surface area contributed by atoms with Gasteiger partial charge in [-0.15, -0.1) is 11.3 Å². The van der Waals surface area contributed by atoms with Crippen molar-refractivity contribution in [1.29, 1.82) is 0 Å². The minimum Gasteiger partial charge on any atom is -0.387 e. The Labute approximate surface area is 240 Å².